The third-order valence-corrected chi connectivity index (χ3v) is 4.44. The van der Waals surface area contributed by atoms with Crippen LogP contribution < -0.4 is 0 Å². The highest BCUT2D eigenvalue weighted by molar-refractivity contribution is 7.84. The van der Waals surface area contributed by atoms with E-state index in [1.54, 1.807) is 6.26 Å². The van der Waals surface area contributed by atoms with Crippen LogP contribution in [0.1, 0.15) is 10.4 Å². The van der Waals surface area contributed by atoms with Gasteiger partial charge in [-0.2, -0.15) is 0 Å². The molecule has 0 amide bonds. The first-order valence-corrected chi connectivity index (χ1v) is 7.85. The molecule has 1 aromatic carbocycles. The Morgan fingerprint density at radius 3 is 2.47 bits per heavy atom. The molecule has 0 fully saturated rings. The quantitative estimate of drug-likeness (QED) is 0.922. The average Bonchev–Trinajstić information content (AvgIpc) is 2.83. The maximum Gasteiger partial charge on any atom is 0.135 e. The van der Waals surface area contributed by atoms with Gasteiger partial charge in [0.15, 0.2) is 0 Å². The lowest BCUT2D eigenvalue weighted by molar-refractivity contribution is 0.111. The molecule has 1 heterocycles. The smallest absolute Gasteiger partial charge is 0.135 e. The van der Waals surface area contributed by atoms with Gasteiger partial charge < -0.3 is 5.11 Å². The number of benzene rings is 1. The highest BCUT2D eigenvalue weighted by Gasteiger charge is 2.33. The summed E-state index contributed by atoms with van der Waals surface area (Å²) in [7, 11) is -1.06. The Hall–Kier alpha value is -0.970. The van der Waals surface area contributed by atoms with Gasteiger partial charge in [0.05, 0.1) is 5.75 Å². The van der Waals surface area contributed by atoms with Gasteiger partial charge in [0.2, 0.25) is 0 Å². The zero-order valence-electron chi connectivity index (χ0n) is 9.50. The van der Waals surface area contributed by atoms with E-state index >= 15 is 0 Å². The second-order valence-corrected chi connectivity index (χ2v) is 6.30. The summed E-state index contributed by atoms with van der Waals surface area (Å²) in [5.74, 6) is 0.220. The number of rotatable bonds is 4. The minimum Gasteiger partial charge on any atom is -0.379 e. The van der Waals surface area contributed by atoms with Crippen LogP contribution >= 0.6 is 11.3 Å². The van der Waals surface area contributed by atoms with Gasteiger partial charge in [0.1, 0.15) is 5.60 Å². The lowest BCUT2D eigenvalue weighted by Gasteiger charge is -2.26. The maximum absolute atomic E-state index is 11.5. The summed E-state index contributed by atoms with van der Waals surface area (Å²) in [5.41, 5.74) is -0.354. The monoisotopic (exact) mass is 266 g/mol. The van der Waals surface area contributed by atoms with Crippen molar-refractivity contribution in [3.05, 3.63) is 58.3 Å². The molecule has 4 heteroatoms. The minimum atomic E-state index is -1.14. The zero-order chi connectivity index (χ0) is 12.3. The van der Waals surface area contributed by atoms with Crippen molar-refractivity contribution in [2.24, 2.45) is 0 Å². The summed E-state index contributed by atoms with van der Waals surface area (Å²) in [6, 6.07) is 13.2. The van der Waals surface area contributed by atoms with E-state index in [0.717, 1.165) is 10.4 Å². The highest BCUT2D eigenvalue weighted by Crippen LogP contribution is 2.33. The van der Waals surface area contributed by atoms with E-state index in [2.05, 4.69) is 0 Å². The molecule has 17 heavy (non-hydrogen) atoms. The molecule has 0 bridgehead atoms. The molecular weight excluding hydrogens is 252 g/mol. The molecule has 1 N–H and O–H groups in total. The largest absolute Gasteiger partial charge is 0.379 e. The van der Waals surface area contributed by atoms with E-state index in [-0.39, 0.29) is 5.75 Å². The minimum absolute atomic E-state index is 0.220. The van der Waals surface area contributed by atoms with Gasteiger partial charge in [-0.3, -0.25) is 4.21 Å². The van der Waals surface area contributed by atoms with E-state index in [1.165, 1.54) is 11.3 Å². The fraction of sp³-hybridized carbons (Fsp3) is 0.231. The second-order valence-electron chi connectivity index (χ2n) is 3.92. The van der Waals surface area contributed by atoms with Crippen molar-refractivity contribution >= 4 is 22.1 Å². The summed E-state index contributed by atoms with van der Waals surface area (Å²) in [6.45, 7) is 0. The van der Waals surface area contributed by atoms with Crippen LogP contribution in [0.5, 0.6) is 0 Å². The summed E-state index contributed by atoms with van der Waals surface area (Å²) in [5, 5.41) is 12.7. The zero-order valence-corrected chi connectivity index (χ0v) is 11.1. The topological polar surface area (TPSA) is 37.3 Å². The van der Waals surface area contributed by atoms with Crippen LogP contribution in [0.3, 0.4) is 0 Å². The third-order valence-electron chi connectivity index (χ3n) is 2.59. The standard InChI is InChI=1S/C13H14O2S2/c1-17(15)10-13(14,12-8-5-9-16-12)11-6-3-2-4-7-11/h2-9,14H,10H2,1H3/t13-,17-/m1/s1. The first-order chi connectivity index (χ1) is 8.13. The number of hydrogen-bond acceptors (Lipinski definition) is 3. The Labute approximate surface area is 107 Å². The van der Waals surface area contributed by atoms with Crippen molar-refractivity contribution in [3.8, 4) is 0 Å². The fourth-order valence-electron chi connectivity index (χ4n) is 1.82. The Bertz CT molecular complexity index is 493. The molecular formula is C13H14O2S2. The van der Waals surface area contributed by atoms with Gasteiger partial charge in [0, 0.05) is 21.9 Å². The van der Waals surface area contributed by atoms with Crippen molar-refractivity contribution < 1.29 is 9.32 Å². The maximum atomic E-state index is 11.5. The molecule has 0 saturated heterocycles. The number of aliphatic hydroxyl groups is 1. The van der Waals surface area contributed by atoms with Crippen LogP contribution in [0.2, 0.25) is 0 Å². The lowest BCUT2D eigenvalue weighted by atomic mass is 9.94. The van der Waals surface area contributed by atoms with E-state index < -0.39 is 16.4 Å². The number of hydrogen-bond donors (Lipinski definition) is 1. The Morgan fingerprint density at radius 2 is 1.94 bits per heavy atom. The van der Waals surface area contributed by atoms with Gasteiger partial charge in [-0.05, 0) is 17.0 Å². The summed E-state index contributed by atoms with van der Waals surface area (Å²) >= 11 is 1.48. The molecule has 2 rings (SSSR count). The average molecular weight is 266 g/mol. The van der Waals surface area contributed by atoms with Gasteiger partial charge in [-0.15, -0.1) is 11.3 Å². The van der Waals surface area contributed by atoms with Crippen LogP contribution in [0.15, 0.2) is 47.8 Å². The van der Waals surface area contributed by atoms with Crippen LogP contribution in [0.25, 0.3) is 0 Å². The molecule has 0 radical (unpaired) electrons. The van der Waals surface area contributed by atoms with Crippen LogP contribution in [0.4, 0.5) is 0 Å². The Morgan fingerprint density at radius 1 is 1.24 bits per heavy atom. The SMILES string of the molecule is C[S@@](=O)C[C@@](O)(c1ccccc1)c1cccs1. The summed E-state index contributed by atoms with van der Waals surface area (Å²) in [6.07, 6.45) is 1.61. The molecule has 90 valence electrons. The van der Waals surface area contributed by atoms with Gasteiger partial charge in [-0.25, -0.2) is 0 Å². The predicted octanol–water partition coefficient (Wildman–Crippen LogP) is 2.36. The molecule has 0 aliphatic heterocycles. The van der Waals surface area contributed by atoms with Crippen molar-refractivity contribution in [3.63, 3.8) is 0 Å². The van der Waals surface area contributed by atoms with Gasteiger partial charge in [-0.1, -0.05) is 36.4 Å². The Balaban J connectivity index is 2.48. The first kappa shape index (κ1) is 12.5. The van der Waals surface area contributed by atoms with Crippen LogP contribution in [0, 0.1) is 0 Å². The first-order valence-electron chi connectivity index (χ1n) is 5.25. The van der Waals surface area contributed by atoms with Gasteiger partial charge >= 0.3 is 0 Å². The van der Waals surface area contributed by atoms with Crippen LogP contribution in [-0.2, 0) is 16.4 Å². The van der Waals surface area contributed by atoms with Crippen LogP contribution in [-0.4, -0.2) is 21.3 Å². The molecule has 0 unspecified atom stereocenters. The van der Waals surface area contributed by atoms with Crippen molar-refractivity contribution in [2.75, 3.05) is 12.0 Å². The molecule has 2 atom stereocenters. The molecule has 2 aromatic rings. The van der Waals surface area contributed by atoms with E-state index in [0.29, 0.717) is 0 Å². The molecule has 2 nitrogen and oxygen atoms in total. The third kappa shape index (κ3) is 2.65. The molecule has 0 spiro atoms. The van der Waals surface area contributed by atoms with E-state index in [9.17, 15) is 9.32 Å². The lowest BCUT2D eigenvalue weighted by Crippen LogP contribution is -2.32. The second kappa shape index (κ2) is 5.12. The van der Waals surface area contributed by atoms with Crippen molar-refractivity contribution in [1.29, 1.82) is 0 Å². The van der Waals surface area contributed by atoms with Crippen molar-refractivity contribution in [1.82, 2.24) is 0 Å². The Kier molecular flexibility index (Phi) is 3.76. The normalized spacial score (nSPS) is 16.4. The molecule has 0 aliphatic rings. The van der Waals surface area contributed by atoms with Gasteiger partial charge in [0.25, 0.3) is 0 Å². The fourth-order valence-corrected chi connectivity index (χ4v) is 3.67. The molecule has 0 aliphatic carbocycles. The summed E-state index contributed by atoms with van der Waals surface area (Å²) in [4.78, 5) is 0.832. The molecule has 1 aromatic heterocycles. The van der Waals surface area contributed by atoms with E-state index in [1.807, 2.05) is 47.8 Å². The number of thiophene rings is 1. The molecule has 0 saturated carbocycles. The van der Waals surface area contributed by atoms with E-state index in [4.69, 9.17) is 0 Å². The summed E-state index contributed by atoms with van der Waals surface area (Å²) < 4.78 is 11.5. The van der Waals surface area contributed by atoms with Crippen molar-refractivity contribution in [2.45, 2.75) is 5.60 Å². The predicted molar refractivity (Wildman–Crippen MR) is 72.7 cm³/mol. The highest BCUT2D eigenvalue weighted by atomic mass is 32.2.